The smallest absolute Gasteiger partial charge is 0.211 e. The van der Waals surface area contributed by atoms with Crippen LogP contribution in [0.25, 0.3) is 0 Å². The van der Waals surface area contributed by atoms with E-state index in [1.54, 1.807) is 0 Å². The van der Waals surface area contributed by atoms with Crippen molar-refractivity contribution in [3.05, 3.63) is 0 Å². The van der Waals surface area contributed by atoms with Gasteiger partial charge in [0, 0.05) is 6.04 Å². The summed E-state index contributed by atoms with van der Waals surface area (Å²) in [5, 5.41) is 0. The zero-order valence-electron chi connectivity index (χ0n) is 9.28. The molecule has 0 bridgehead atoms. The fourth-order valence-corrected chi connectivity index (χ4v) is 3.12. The van der Waals surface area contributed by atoms with Crippen molar-refractivity contribution in [2.24, 2.45) is 5.73 Å². The number of nitrogens with one attached hydrogen (secondary N) is 1. The molecule has 0 atom stereocenters. The van der Waals surface area contributed by atoms with Gasteiger partial charge in [-0.15, -0.1) is 0 Å². The molecule has 15 heavy (non-hydrogen) atoms. The largest absolute Gasteiger partial charge is 0.330 e. The molecule has 6 heteroatoms. The van der Waals surface area contributed by atoms with E-state index in [4.69, 9.17) is 5.73 Å². The highest BCUT2D eigenvalue weighted by Gasteiger charge is 2.21. The van der Waals surface area contributed by atoms with Gasteiger partial charge in [0.15, 0.2) is 0 Å². The minimum Gasteiger partial charge on any atom is -0.330 e. The van der Waals surface area contributed by atoms with Gasteiger partial charge in [-0.25, -0.2) is 13.1 Å². The van der Waals surface area contributed by atoms with Crippen LogP contribution in [0.15, 0.2) is 0 Å². The molecular formula is C9H21N3O2S. The molecule has 0 aliphatic carbocycles. The van der Waals surface area contributed by atoms with Gasteiger partial charge in [-0.1, -0.05) is 0 Å². The second kappa shape index (κ2) is 5.79. The summed E-state index contributed by atoms with van der Waals surface area (Å²) in [4.78, 5) is 2.21. The van der Waals surface area contributed by atoms with Crippen LogP contribution in [0, 0.1) is 0 Å². The third-order valence-corrected chi connectivity index (χ3v) is 4.20. The van der Waals surface area contributed by atoms with Gasteiger partial charge in [0.1, 0.15) is 0 Å². The van der Waals surface area contributed by atoms with Crippen molar-refractivity contribution < 1.29 is 8.42 Å². The normalized spacial score (nSPS) is 20.7. The van der Waals surface area contributed by atoms with E-state index in [9.17, 15) is 8.42 Å². The molecule has 1 rings (SSSR count). The summed E-state index contributed by atoms with van der Waals surface area (Å²) >= 11 is 0. The number of nitrogens with two attached hydrogens (primary N) is 1. The number of nitrogens with zero attached hydrogens (tertiary/aromatic N) is 1. The van der Waals surface area contributed by atoms with Crippen LogP contribution < -0.4 is 10.5 Å². The maximum Gasteiger partial charge on any atom is 0.211 e. The number of piperidine rings is 1. The number of rotatable bonds is 5. The van der Waals surface area contributed by atoms with Gasteiger partial charge in [-0.05, 0) is 45.9 Å². The lowest BCUT2D eigenvalue weighted by atomic mass is 10.1. The Bertz CT molecular complexity index is 271. The molecule has 0 aromatic carbocycles. The van der Waals surface area contributed by atoms with Crippen molar-refractivity contribution in [1.29, 1.82) is 0 Å². The van der Waals surface area contributed by atoms with Crippen LogP contribution in [0.1, 0.15) is 19.3 Å². The topological polar surface area (TPSA) is 75.4 Å². The molecule has 1 aliphatic rings. The molecule has 0 radical (unpaired) electrons. The molecule has 0 aromatic heterocycles. The zero-order chi connectivity index (χ0) is 11.3. The van der Waals surface area contributed by atoms with Gasteiger partial charge in [0.2, 0.25) is 10.0 Å². The molecular weight excluding hydrogens is 214 g/mol. The first-order chi connectivity index (χ1) is 7.03. The first-order valence-corrected chi connectivity index (χ1v) is 7.07. The Kier molecular flexibility index (Phi) is 4.98. The Morgan fingerprint density at radius 3 is 2.53 bits per heavy atom. The first-order valence-electron chi connectivity index (χ1n) is 5.42. The third kappa shape index (κ3) is 4.92. The van der Waals surface area contributed by atoms with Crippen LogP contribution in [0.5, 0.6) is 0 Å². The number of sulfonamides is 1. The molecule has 90 valence electrons. The van der Waals surface area contributed by atoms with Crippen LogP contribution in [-0.4, -0.2) is 51.8 Å². The molecule has 1 saturated heterocycles. The fourth-order valence-electron chi connectivity index (χ4n) is 1.71. The molecule has 0 amide bonds. The molecule has 0 aromatic rings. The second-order valence-corrected chi connectivity index (χ2v) is 6.03. The quantitative estimate of drug-likeness (QED) is 0.664. The lowest BCUT2D eigenvalue weighted by molar-refractivity contribution is 0.248. The van der Waals surface area contributed by atoms with Gasteiger partial charge in [-0.2, -0.15) is 0 Å². The predicted molar refractivity (Wildman–Crippen MR) is 61.1 cm³/mol. The summed E-state index contributed by atoms with van der Waals surface area (Å²) in [6.07, 6.45) is 2.33. The van der Waals surface area contributed by atoms with Crippen LogP contribution in [-0.2, 0) is 10.0 Å². The monoisotopic (exact) mass is 235 g/mol. The summed E-state index contributed by atoms with van der Waals surface area (Å²) in [7, 11) is -1.05. The SMILES string of the molecule is CN1CCC(NS(=O)(=O)CCCN)CC1. The van der Waals surface area contributed by atoms with E-state index >= 15 is 0 Å². The van der Waals surface area contributed by atoms with E-state index in [0.29, 0.717) is 13.0 Å². The lowest BCUT2D eigenvalue weighted by Gasteiger charge is -2.29. The van der Waals surface area contributed by atoms with Crippen molar-refractivity contribution >= 4 is 10.0 Å². The molecule has 1 heterocycles. The predicted octanol–water partition coefficient (Wildman–Crippen LogP) is -0.651. The minimum absolute atomic E-state index is 0.115. The van der Waals surface area contributed by atoms with Gasteiger partial charge in [0.05, 0.1) is 5.75 Å². The minimum atomic E-state index is -3.11. The Balaban J connectivity index is 2.34. The Morgan fingerprint density at radius 2 is 2.00 bits per heavy atom. The standard InChI is InChI=1S/C9H21N3O2S/c1-12-6-3-9(4-7-12)11-15(13,14)8-2-5-10/h9,11H,2-8,10H2,1H3. The Morgan fingerprint density at radius 1 is 1.40 bits per heavy atom. The summed E-state index contributed by atoms with van der Waals surface area (Å²) in [5.41, 5.74) is 5.29. The van der Waals surface area contributed by atoms with Crippen LogP contribution in [0.4, 0.5) is 0 Å². The van der Waals surface area contributed by atoms with Gasteiger partial charge < -0.3 is 10.6 Å². The molecule has 1 fully saturated rings. The van der Waals surface area contributed by atoms with Gasteiger partial charge in [0.25, 0.3) is 0 Å². The van der Waals surface area contributed by atoms with Crippen LogP contribution in [0.2, 0.25) is 0 Å². The highest BCUT2D eigenvalue weighted by molar-refractivity contribution is 7.89. The third-order valence-electron chi connectivity index (χ3n) is 2.68. The van der Waals surface area contributed by atoms with E-state index in [1.165, 1.54) is 0 Å². The Labute approximate surface area is 92.1 Å². The van der Waals surface area contributed by atoms with Crippen molar-refractivity contribution in [2.75, 3.05) is 32.4 Å². The van der Waals surface area contributed by atoms with Crippen LogP contribution in [0.3, 0.4) is 0 Å². The Hall–Kier alpha value is -0.170. The highest BCUT2D eigenvalue weighted by atomic mass is 32.2. The summed E-state index contributed by atoms with van der Waals surface area (Å²) in [6, 6.07) is 0.115. The number of likely N-dealkylation sites (tertiary alicyclic amines) is 1. The summed E-state index contributed by atoms with van der Waals surface area (Å²) < 4.78 is 25.9. The number of hydrogen-bond donors (Lipinski definition) is 2. The summed E-state index contributed by atoms with van der Waals surface area (Å²) in [6.45, 7) is 2.35. The molecule has 0 unspecified atom stereocenters. The van der Waals surface area contributed by atoms with Crippen LogP contribution >= 0.6 is 0 Å². The van der Waals surface area contributed by atoms with E-state index in [2.05, 4.69) is 16.7 Å². The lowest BCUT2D eigenvalue weighted by Crippen LogP contribution is -2.44. The number of hydrogen-bond acceptors (Lipinski definition) is 4. The first kappa shape index (κ1) is 12.9. The van der Waals surface area contributed by atoms with E-state index < -0.39 is 10.0 Å². The average Bonchev–Trinajstić information content (AvgIpc) is 2.18. The maximum absolute atomic E-state index is 11.6. The van der Waals surface area contributed by atoms with E-state index in [-0.39, 0.29) is 11.8 Å². The zero-order valence-corrected chi connectivity index (χ0v) is 10.1. The van der Waals surface area contributed by atoms with E-state index in [0.717, 1.165) is 25.9 Å². The fraction of sp³-hybridized carbons (Fsp3) is 1.00. The average molecular weight is 235 g/mol. The van der Waals surface area contributed by atoms with Gasteiger partial charge in [-0.3, -0.25) is 0 Å². The highest BCUT2D eigenvalue weighted by Crippen LogP contribution is 2.09. The summed E-state index contributed by atoms with van der Waals surface area (Å²) in [5.74, 6) is 0.149. The molecule has 0 saturated carbocycles. The van der Waals surface area contributed by atoms with Crippen molar-refractivity contribution in [1.82, 2.24) is 9.62 Å². The van der Waals surface area contributed by atoms with Crippen molar-refractivity contribution in [2.45, 2.75) is 25.3 Å². The molecule has 3 N–H and O–H groups in total. The maximum atomic E-state index is 11.6. The van der Waals surface area contributed by atoms with Gasteiger partial charge >= 0.3 is 0 Å². The van der Waals surface area contributed by atoms with Crippen molar-refractivity contribution in [3.8, 4) is 0 Å². The van der Waals surface area contributed by atoms with Crippen molar-refractivity contribution in [3.63, 3.8) is 0 Å². The molecule has 1 aliphatic heterocycles. The molecule has 0 spiro atoms. The second-order valence-electron chi connectivity index (χ2n) is 4.16. The molecule has 5 nitrogen and oxygen atoms in total. The van der Waals surface area contributed by atoms with E-state index in [1.807, 2.05) is 0 Å².